The van der Waals surface area contributed by atoms with Gasteiger partial charge < -0.3 is 9.88 Å². The van der Waals surface area contributed by atoms with Gasteiger partial charge in [0.1, 0.15) is 5.82 Å². The molecule has 0 aliphatic heterocycles. The topological polar surface area (TPSA) is 34.0 Å². The molecular formula is C25H23FN2OS. The standard InChI is InChI=1S/C25H23FN2OS/c1-18(19-7-3-2-4-8-19)30-24-17-28(23-10-6-5-9-22(23)24)16-15-27-25(29)20-11-13-21(26)14-12-20/h2-14,17-18H,15-16H2,1H3,(H,27,29). The van der Waals surface area contributed by atoms with Crippen LogP contribution in [0.4, 0.5) is 4.39 Å². The van der Waals surface area contributed by atoms with E-state index >= 15 is 0 Å². The van der Waals surface area contributed by atoms with Gasteiger partial charge in [0.2, 0.25) is 0 Å². The summed E-state index contributed by atoms with van der Waals surface area (Å²) in [5.41, 5.74) is 2.91. The number of para-hydroxylation sites is 1. The van der Waals surface area contributed by atoms with Gasteiger partial charge in [-0.1, -0.05) is 48.5 Å². The average molecular weight is 419 g/mol. The van der Waals surface area contributed by atoms with Crippen molar-refractivity contribution in [2.75, 3.05) is 6.54 Å². The molecule has 0 saturated carbocycles. The number of hydrogen-bond donors (Lipinski definition) is 1. The van der Waals surface area contributed by atoms with E-state index < -0.39 is 0 Å². The molecule has 0 fully saturated rings. The lowest BCUT2D eigenvalue weighted by Gasteiger charge is -2.10. The largest absolute Gasteiger partial charge is 0.350 e. The second kappa shape index (κ2) is 9.18. The molecular weight excluding hydrogens is 395 g/mol. The summed E-state index contributed by atoms with van der Waals surface area (Å²) in [7, 11) is 0. The number of nitrogens with one attached hydrogen (secondary N) is 1. The van der Waals surface area contributed by atoms with Crippen LogP contribution >= 0.6 is 11.8 Å². The molecule has 4 rings (SSSR count). The number of carbonyl (C=O) groups excluding carboxylic acids is 1. The number of fused-ring (bicyclic) bond motifs is 1. The van der Waals surface area contributed by atoms with Gasteiger partial charge in [-0.15, -0.1) is 11.8 Å². The lowest BCUT2D eigenvalue weighted by atomic mass is 10.2. The Labute approximate surface area is 179 Å². The first-order valence-electron chi connectivity index (χ1n) is 9.95. The molecule has 4 aromatic rings. The SMILES string of the molecule is CC(Sc1cn(CCNC(=O)c2ccc(F)cc2)c2ccccc12)c1ccccc1. The second-order valence-corrected chi connectivity index (χ2v) is 8.52. The minimum Gasteiger partial charge on any atom is -0.350 e. The summed E-state index contributed by atoms with van der Waals surface area (Å²) < 4.78 is 15.2. The van der Waals surface area contributed by atoms with Crippen molar-refractivity contribution in [1.82, 2.24) is 9.88 Å². The second-order valence-electron chi connectivity index (χ2n) is 7.14. The van der Waals surface area contributed by atoms with Gasteiger partial charge in [0.15, 0.2) is 0 Å². The number of halogens is 1. The smallest absolute Gasteiger partial charge is 0.251 e. The highest BCUT2D eigenvalue weighted by molar-refractivity contribution is 7.99. The van der Waals surface area contributed by atoms with Crippen LogP contribution in [0.3, 0.4) is 0 Å². The van der Waals surface area contributed by atoms with Crippen LogP contribution in [0.15, 0.2) is 90.0 Å². The summed E-state index contributed by atoms with van der Waals surface area (Å²) in [4.78, 5) is 13.5. The van der Waals surface area contributed by atoms with Crippen molar-refractivity contribution >= 4 is 28.6 Å². The Balaban J connectivity index is 1.46. The quantitative estimate of drug-likeness (QED) is 0.370. The number of hydrogen-bond acceptors (Lipinski definition) is 2. The van der Waals surface area contributed by atoms with Crippen molar-refractivity contribution in [3.63, 3.8) is 0 Å². The zero-order valence-electron chi connectivity index (χ0n) is 16.7. The van der Waals surface area contributed by atoms with Gasteiger partial charge in [0, 0.05) is 45.9 Å². The summed E-state index contributed by atoms with van der Waals surface area (Å²) in [5, 5.41) is 4.47. The molecule has 5 heteroatoms. The number of carbonyl (C=O) groups is 1. The molecule has 3 nitrogen and oxygen atoms in total. The number of amides is 1. The van der Waals surface area contributed by atoms with E-state index in [1.54, 1.807) is 0 Å². The van der Waals surface area contributed by atoms with Crippen molar-refractivity contribution < 1.29 is 9.18 Å². The van der Waals surface area contributed by atoms with E-state index in [4.69, 9.17) is 0 Å². The number of nitrogens with zero attached hydrogens (tertiary/aromatic N) is 1. The summed E-state index contributed by atoms with van der Waals surface area (Å²) in [5.74, 6) is -0.543. The van der Waals surface area contributed by atoms with Crippen molar-refractivity contribution in [3.05, 3.63) is 102 Å². The molecule has 1 aromatic heterocycles. The fraction of sp³-hybridized carbons (Fsp3) is 0.160. The Hall–Kier alpha value is -3.05. The van der Waals surface area contributed by atoms with Gasteiger partial charge in [-0.3, -0.25) is 4.79 Å². The fourth-order valence-electron chi connectivity index (χ4n) is 3.47. The van der Waals surface area contributed by atoms with E-state index in [1.807, 2.05) is 23.9 Å². The maximum atomic E-state index is 13.0. The van der Waals surface area contributed by atoms with Crippen LogP contribution in [0.2, 0.25) is 0 Å². The molecule has 0 aliphatic rings. The van der Waals surface area contributed by atoms with Crippen molar-refractivity contribution in [2.24, 2.45) is 0 Å². The highest BCUT2D eigenvalue weighted by atomic mass is 32.2. The highest BCUT2D eigenvalue weighted by Gasteiger charge is 2.13. The predicted octanol–water partition coefficient (Wildman–Crippen LogP) is 6.06. The maximum Gasteiger partial charge on any atom is 0.251 e. The number of thioether (sulfide) groups is 1. The molecule has 1 unspecified atom stereocenters. The van der Waals surface area contributed by atoms with Crippen molar-refractivity contribution in [3.8, 4) is 0 Å². The van der Waals surface area contributed by atoms with Crippen LogP contribution in [-0.4, -0.2) is 17.0 Å². The minimum atomic E-state index is -0.347. The van der Waals surface area contributed by atoms with Crippen LogP contribution in [0.5, 0.6) is 0 Å². The van der Waals surface area contributed by atoms with Crippen LogP contribution < -0.4 is 5.32 Å². The van der Waals surface area contributed by atoms with E-state index in [0.29, 0.717) is 23.9 Å². The molecule has 0 bridgehead atoms. The molecule has 1 atom stereocenters. The normalized spacial score (nSPS) is 12.1. The minimum absolute atomic E-state index is 0.196. The zero-order valence-corrected chi connectivity index (χ0v) is 17.5. The Morgan fingerprint density at radius 3 is 2.47 bits per heavy atom. The molecule has 1 N–H and O–H groups in total. The van der Waals surface area contributed by atoms with E-state index in [2.05, 4.69) is 65.5 Å². The van der Waals surface area contributed by atoms with Crippen molar-refractivity contribution in [1.29, 1.82) is 0 Å². The first-order valence-corrected chi connectivity index (χ1v) is 10.8. The zero-order chi connectivity index (χ0) is 20.9. The van der Waals surface area contributed by atoms with E-state index in [9.17, 15) is 9.18 Å². The lowest BCUT2D eigenvalue weighted by Crippen LogP contribution is -2.27. The summed E-state index contributed by atoms with van der Waals surface area (Å²) >= 11 is 1.84. The number of benzene rings is 3. The monoisotopic (exact) mass is 418 g/mol. The first kappa shape index (κ1) is 20.2. The highest BCUT2D eigenvalue weighted by Crippen LogP contribution is 2.39. The van der Waals surface area contributed by atoms with E-state index in [0.717, 1.165) is 5.52 Å². The Morgan fingerprint density at radius 2 is 1.70 bits per heavy atom. The molecule has 1 heterocycles. The third-order valence-electron chi connectivity index (χ3n) is 5.07. The van der Waals surface area contributed by atoms with Crippen LogP contribution in [-0.2, 0) is 6.54 Å². The van der Waals surface area contributed by atoms with Crippen LogP contribution in [0.25, 0.3) is 10.9 Å². The third-order valence-corrected chi connectivity index (χ3v) is 6.27. The lowest BCUT2D eigenvalue weighted by molar-refractivity contribution is 0.0952. The van der Waals surface area contributed by atoms with Gasteiger partial charge in [0.05, 0.1) is 0 Å². The number of rotatable bonds is 7. The predicted molar refractivity (Wildman–Crippen MR) is 121 cm³/mol. The first-order chi connectivity index (χ1) is 14.6. The summed E-state index contributed by atoms with van der Waals surface area (Å²) in [6.45, 7) is 3.37. The van der Waals surface area contributed by atoms with Gasteiger partial charge >= 0.3 is 0 Å². The molecule has 3 aromatic carbocycles. The molecule has 0 spiro atoms. The van der Waals surface area contributed by atoms with Gasteiger partial charge in [-0.05, 0) is 42.8 Å². The van der Waals surface area contributed by atoms with E-state index in [1.165, 1.54) is 40.1 Å². The Kier molecular flexibility index (Phi) is 6.19. The summed E-state index contributed by atoms with van der Waals surface area (Å²) in [6, 6.07) is 24.4. The van der Waals surface area contributed by atoms with Gasteiger partial charge in [0.25, 0.3) is 5.91 Å². The number of aromatic nitrogens is 1. The fourth-order valence-corrected chi connectivity index (χ4v) is 4.63. The molecule has 1 amide bonds. The van der Waals surface area contributed by atoms with Gasteiger partial charge in [-0.2, -0.15) is 0 Å². The molecule has 0 saturated heterocycles. The molecule has 152 valence electrons. The van der Waals surface area contributed by atoms with Crippen LogP contribution in [0, 0.1) is 5.82 Å². The van der Waals surface area contributed by atoms with Crippen LogP contribution in [0.1, 0.15) is 28.1 Å². The van der Waals surface area contributed by atoms with E-state index in [-0.39, 0.29) is 11.7 Å². The third kappa shape index (κ3) is 4.57. The van der Waals surface area contributed by atoms with Gasteiger partial charge in [-0.25, -0.2) is 4.39 Å². The molecule has 0 aliphatic carbocycles. The van der Waals surface area contributed by atoms with Crippen molar-refractivity contribution in [2.45, 2.75) is 23.6 Å². The molecule has 30 heavy (non-hydrogen) atoms. The Bertz CT molecular complexity index is 1140. The average Bonchev–Trinajstić information content (AvgIpc) is 3.12. The maximum absolute atomic E-state index is 13.0. The molecule has 0 radical (unpaired) electrons. The Morgan fingerprint density at radius 1 is 1.00 bits per heavy atom. The summed E-state index contributed by atoms with van der Waals surface area (Å²) in [6.07, 6.45) is 2.17.